The Hall–Kier alpha value is -1.77. The van der Waals surface area contributed by atoms with Crippen molar-refractivity contribution in [2.24, 2.45) is 0 Å². The van der Waals surface area contributed by atoms with Crippen molar-refractivity contribution in [3.05, 3.63) is 30.0 Å². The first-order valence-electron chi connectivity index (χ1n) is 6.42. The van der Waals surface area contributed by atoms with Gasteiger partial charge in [0.2, 0.25) is 0 Å². The van der Waals surface area contributed by atoms with Gasteiger partial charge in [0.25, 0.3) is 0 Å². The Bertz CT molecular complexity index is 551. The number of aromatic hydroxyl groups is 1. The van der Waals surface area contributed by atoms with Gasteiger partial charge in [0, 0.05) is 11.3 Å². The topological polar surface area (TPSA) is 42.4 Å². The Morgan fingerprint density at radius 1 is 1.28 bits per heavy atom. The van der Waals surface area contributed by atoms with E-state index in [0.717, 1.165) is 28.8 Å². The smallest absolute Gasteiger partial charge is 0.137 e. The summed E-state index contributed by atoms with van der Waals surface area (Å²) in [6, 6.07) is 7.53. The fourth-order valence-electron chi connectivity index (χ4n) is 1.97. The van der Waals surface area contributed by atoms with E-state index in [9.17, 15) is 5.11 Å². The number of benzene rings is 1. The van der Waals surface area contributed by atoms with Gasteiger partial charge >= 0.3 is 0 Å². The van der Waals surface area contributed by atoms with Crippen LogP contribution in [0.1, 0.15) is 38.8 Å². The van der Waals surface area contributed by atoms with Crippen molar-refractivity contribution in [2.45, 2.75) is 33.1 Å². The minimum absolute atomic E-state index is 0.265. The normalized spacial score (nSPS) is 12.6. The summed E-state index contributed by atoms with van der Waals surface area (Å²) in [4.78, 5) is 4.54. The summed E-state index contributed by atoms with van der Waals surface area (Å²) >= 11 is 0. The van der Waals surface area contributed by atoms with Crippen LogP contribution in [0.4, 0.5) is 0 Å². The Morgan fingerprint density at radius 3 is 2.72 bits per heavy atom. The van der Waals surface area contributed by atoms with Gasteiger partial charge in [-0.3, -0.25) is 0 Å². The van der Waals surface area contributed by atoms with E-state index >= 15 is 0 Å². The van der Waals surface area contributed by atoms with Crippen molar-refractivity contribution in [1.29, 1.82) is 0 Å². The number of nitrogens with zero attached hydrogens (tertiary/aromatic N) is 1. The lowest BCUT2D eigenvalue weighted by molar-refractivity contribution is 0.340. The molecule has 0 saturated heterocycles. The lowest BCUT2D eigenvalue weighted by Crippen LogP contribution is -1.97. The molecular formula is C15H19NO2. The van der Waals surface area contributed by atoms with E-state index in [-0.39, 0.29) is 11.7 Å². The van der Waals surface area contributed by atoms with Gasteiger partial charge in [0.05, 0.1) is 17.8 Å². The Kier molecular flexibility index (Phi) is 3.70. The second-order valence-electron chi connectivity index (χ2n) is 4.49. The number of pyridine rings is 1. The molecule has 1 unspecified atom stereocenters. The lowest BCUT2D eigenvalue weighted by atomic mass is 10.0. The first-order chi connectivity index (χ1) is 8.65. The van der Waals surface area contributed by atoms with Gasteiger partial charge in [-0.1, -0.05) is 13.8 Å². The van der Waals surface area contributed by atoms with Crippen LogP contribution in [-0.4, -0.2) is 16.7 Å². The van der Waals surface area contributed by atoms with Gasteiger partial charge in [-0.2, -0.15) is 0 Å². The molecule has 2 rings (SSSR count). The molecule has 96 valence electrons. The summed E-state index contributed by atoms with van der Waals surface area (Å²) in [7, 11) is 0. The summed E-state index contributed by atoms with van der Waals surface area (Å²) in [6.45, 7) is 6.75. The third-order valence-corrected chi connectivity index (χ3v) is 3.18. The average Bonchev–Trinajstić information content (AvgIpc) is 2.37. The zero-order valence-electron chi connectivity index (χ0n) is 11.1. The summed E-state index contributed by atoms with van der Waals surface area (Å²) < 4.78 is 5.44. The zero-order chi connectivity index (χ0) is 13.1. The third-order valence-electron chi connectivity index (χ3n) is 3.18. The molecule has 1 aromatic carbocycles. The summed E-state index contributed by atoms with van der Waals surface area (Å²) in [5.74, 6) is 1.34. The minimum atomic E-state index is 0.265. The monoisotopic (exact) mass is 245 g/mol. The van der Waals surface area contributed by atoms with E-state index in [1.807, 2.05) is 25.1 Å². The van der Waals surface area contributed by atoms with Gasteiger partial charge in [-0.05, 0) is 37.6 Å². The first kappa shape index (κ1) is 12.7. The summed E-state index contributed by atoms with van der Waals surface area (Å²) in [6.07, 6.45) is 0.961. The van der Waals surface area contributed by atoms with Crippen LogP contribution in [0.5, 0.6) is 11.5 Å². The standard InChI is InChI=1S/C15H19NO2/c1-4-10(3)15-14(17)9-11-8-12(18-5-2)6-7-13(11)16-15/h6-10,17H,4-5H2,1-3H3. The number of fused-ring (bicyclic) bond motifs is 1. The molecular weight excluding hydrogens is 226 g/mol. The predicted molar refractivity (Wildman–Crippen MR) is 73.3 cm³/mol. The molecule has 0 spiro atoms. The van der Waals surface area contributed by atoms with Crippen molar-refractivity contribution in [1.82, 2.24) is 4.98 Å². The van der Waals surface area contributed by atoms with E-state index < -0.39 is 0 Å². The number of ether oxygens (including phenoxy) is 1. The number of hydrogen-bond acceptors (Lipinski definition) is 3. The first-order valence-corrected chi connectivity index (χ1v) is 6.42. The highest BCUT2D eigenvalue weighted by molar-refractivity contribution is 5.82. The van der Waals surface area contributed by atoms with Crippen molar-refractivity contribution in [3.8, 4) is 11.5 Å². The molecule has 2 aromatic rings. The molecule has 0 aliphatic carbocycles. The molecule has 0 fully saturated rings. The van der Waals surface area contributed by atoms with Crippen molar-refractivity contribution < 1.29 is 9.84 Å². The largest absolute Gasteiger partial charge is 0.506 e. The van der Waals surface area contributed by atoms with E-state index in [1.165, 1.54) is 0 Å². The third kappa shape index (κ3) is 2.40. The Balaban J connectivity index is 2.50. The molecule has 1 aromatic heterocycles. The lowest BCUT2D eigenvalue weighted by Gasteiger charge is -2.12. The van der Waals surface area contributed by atoms with Crippen molar-refractivity contribution >= 4 is 10.9 Å². The van der Waals surface area contributed by atoms with E-state index in [4.69, 9.17) is 4.74 Å². The van der Waals surface area contributed by atoms with Gasteiger partial charge in [0.1, 0.15) is 11.5 Å². The van der Waals surface area contributed by atoms with E-state index in [1.54, 1.807) is 6.07 Å². The number of rotatable bonds is 4. The van der Waals surface area contributed by atoms with Crippen LogP contribution in [-0.2, 0) is 0 Å². The highest BCUT2D eigenvalue weighted by Crippen LogP contribution is 2.30. The average molecular weight is 245 g/mol. The van der Waals surface area contributed by atoms with Crippen molar-refractivity contribution in [2.75, 3.05) is 6.61 Å². The molecule has 1 atom stereocenters. The molecule has 0 aliphatic rings. The number of aromatic nitrogens is 1. The maximum atomic E-state index is 10.0. The van der Waals surface area contributed by atoms with Crippen molar-refractivity contribution in [3.63, 3.8) is 0 Å². The van der Waals surface area contributed by atoms with Crippen LogP contribution in [0.3, 0.4) is 0 Å². The van der Waals surface area contributed by atoms with Gasteiger partial charge in [-0.15, -0.1) is 0 Å². The minimum Gasteiger partial charge on any atom is -0.506 e. The quantitative estimate of drug-likeness (QED) is 0.889. The molecule has 0 saturated carbocycles. The van der Waals surface area contributed by atoms with Crippen LogP contribution >= 0.6 is 0 Å². The summed E-state index contributed by atoms with van der Waals surface area (Å²) in [5.41, 5.74) is 1.67. The van der Waals surface area contributed by atoms with Crippen LogP contribution in [0, 0.1) is 0 Å². The molecule has 0 radical (unpaired) electrons. The Labute approximate surface area is 107 Å². The fraction of sp³-hybridized carbons (Fsp3) is 0.400. The molecule has 0 amide bonds. The molecule has 1 heterocycles. The molecule has 0 bridgehead atoms. The molecule has 3 nitrogen and oxygen atoms in total. The zero-order valence-corrected chi connectivity index (χ0v) is 11.1. The van der Waals surface area contributed by atoms with Gasteiger partial charge in [-0.25, -0.2) is 4.98 Å². The van der Waals surface area contributed by atoms with E-state index in [0.29, 0.717) is 6.61 Å². The SMILES string of the molecule is CCOc1ccc2nc(C(C)CC)c(O)cc2c1. The van der Waals surface area contributed by atoms with Gasteiger partial charge in [0.15, 0.2) is 0 Å². The second-order valence-corrected chi connectivity index (χ2v) is 4.49. The maximum absolute atomic E-state index is 10.0. The van der Waals surface area contributed by atoms with Crippen LogP contribution in [0.2, 0.25) is 0 Å². The highest BCUT2D eigenvalue weighted by Gasteiger charge is 2.12. The second kappa shape index (κ2) is 5.25. The maximum Gasteiger partial charge on any atom is 0.137 e. The summed E-state index contributed by atoms with van der Waals surface area (Å²) in [5, 5.41) is 10.9. The van der Waals surface area contributed by atoms with Crippen LogP contribution < -0.4 is 4.74 Å². The highest BCUT2D eigenvalue weighted by atomic mass is 16.5. The number of hydrogen-bond donors (Lipinski definition) is 1. The van der Waals surface area contributed by atoms with Crippen LogP contribution in [0.25, 0.3) is 10.9 Å². The fourth-order valence-corrected chi connectivity index (χ4v) is 1.97. The van der Waals surface area contributed by atoms with Gasteiger partial charge < -0.3 is 9.84 Å². The Morgan fingerprint density at radius 2 is 2.06 bits per heavy atom. The molecule has 18 heavy (non-hydrogen) atoms. The van der Waals surface area contributed by atoms with E-state index in [2.05, 4.69) is 18.8 Å². The molecule has 0 aliphatic heterocycles. The van der Waals surface area contributed by atoms with Crippen LogP contribution in [0.15, 0.2) is 24.3 Å². The molecule has 3 heteroatoms. The predicted octanol–water partition coefficient (Wildman–Crippen LogP) is 3.85. The molecule has 1 N–H and O–H groups in total.